The minimum absolute atomic E-state index is 0.291. The Morgan fingerprint density at radius 1 is 1.31 bits per heavy atom. The number of rotatable bonds is 4. The smallest absolute Gasteiger partial charge is 0.0587 e. The van der Waals surface area contributed by atoms with Gasteiger partial charge in [0.25, 0.3) is 0 Å². The molecule has 1 aliphatic rings. The van der Waals surface area contributed by atoms with Gasteiger partial charge >= 0.3 is 0 Å². The first-order valence-corrected chi connectivity index (χ1v) is 5.96. The summed E-state index contributed by atoms with van der Waals surface area (Å²) in [6, 6.07) is 10.7. The summed E-state index contributed by atoms with van der Waals surface area (Å²) in [4.78, 5) is 2.35. The SMILES string of the molecule is OCC1CCCN1CC=Cc1ccccc1. The molecular formula is C14H19NO. The summed E-state index contributed by atoms with van der Waals surface area (Å²) in [5, 5.41) is 9.19. The molecule has 0 aromatic heterocycles. The molecule has 16 heavy (non-hydrogen) atoms. The molecule has 0 amide bonds. The second-order valence-corrected chi connectivity index (χ2v) is 4.29. The maximum absolute atomic E-state index is 9.19. The monoisotopic (exact) mass is 217 g/mol. The summed E-state index contributed by atoms with van der Waals surface area (Å²) >= 11 is 0. The van der Waals surface area contributed by atoms with Gasteiger partial charge in [-0.15, -0.1) is 0 Å². The van der Waals surface area contributed by atoms with Crippen LogP contribution < -0.4 is 0 Å². The highest BCUT2D eigenvalue weighted by Crippen LogP contribution is 2.16. The summed E-state index contributed by atoms with van der Waals surface area (Å²) in [6.45, 7) is 2.35. The largest absolute Gasteiger partial charge is 0.395 e. The third-order valence-corrected chi connectivity index (χ3v) is 3.16. The molecule has 1 saturated heterocycles. The number of aliphatic hydroxyl groups excluding tert-OH is 1. The number of hydrogen-bond donors (Lipinski definition) is 1. The van der Waals surface area contributed by atoms with Crippen molar-refractivity contribution in [1.29, 1.82) is 0 Å². The van der Waals surface area contributed by atoms with E-state index in [1.807, 2.05) is 18.2 Å². The summed E-state index contributed by atoms with van der Waals surface area (Å²) < 4.78 is 0. The number of hydrogen-bond acceptors (Lipinski definition) is 2. The third kappa shape index (κ3) is 2.94. The Bertz CT molecular complexity index is 334. The summed E-state index contributed by atoms with van der Waals surface area (Å²) in [6.07, 6.45) is 6.68. The molecule has 1 atom stereocenters. The van der Waals surface area contributed by atoms with Crippen molar-refractivity contribution in [2.45, 2.75) is 18.9 Å². The Kier molecular flexibility index (Phi) is 4.14. The first-order chi connectivity index (χ1) is 7.90. The standard InChI is InChI=1S/C14H19NO/c16-12-14-9-5-11-15(14)10-4-8-13-6-2-1-3-7-13/h1-4,6-8,14,16H,5,9-12H2. The number of likely N-dealkylation sites (tertiary alicyclic amines) is 1. The van der Waals surface area contributed by atoms with E-state index in [0.29, 0.717) is 12.6 Å². The molecule has 1 fully saturated rings. The van der Waals surface area contributed by atoms with Crippen LogP contribution in [0.15, 0.2) is 36.4 Å². The molecule has 2 rings (SSSR count). The molecule has 1 aromatic rings. The van der Waals surface area contributed by atoms with Crippen LogP contribution in [0.25, 0.3) is 6.08 Å². The van der Waals surface area contributed by atoms with E-state index in [1.165, 1.54) is 12.0 Å². The highest BCUT2D eigenvalue weighted by Gasteiger charge is 2.21. The van der Waals surface area contributed by atoms with Crippen molar-refractivity contribution in [1.82, 2.24) is 4.90 Å². The minimum Gasteiger partial charge on any atom is -0.395 e. The lowest BCUT2D eigenvalue weighted by molar-refractivity contribution is 0.170. The molecule has 2 heteroatoms. The predicted molar refractivity (Wildman–Crippen MR) is 67.2 cm³/mol. The zero-order valence-electron chi connectivity index (χ0n) is 9.55. The van der Waals surface area contributed by atoms with Crippen LogP contribution in [-0.2, 0) is 0 Å². The van der Waals surface area contributed by atoms with Gasteiger partial charge in [0, 0.05) is 12.6 Å². The molecule has 86 valence electrons. The minimum atomic E-state index is 0.291. The van der Waals surface area contributed by atoms with Crippen LogP contribution in [0.1, 0.15) is 18.4 Å². The van der Waals surface area contributed by atoms with Crippen molar-refractivity contribution in [3.8, 4) is 0 Å². The first kappa shape index (κ1) is 11.4. The van der Waals surface area contributed by atoms with E-state index in [4.69, 9.17) is 0 Å². The van der Waals surface area contributed by atoms with Crippen LogP contribution in [0.5, 0.6) is 0 Å². The average molecular weight is 217 g/mol. The Labute approximate surface area is 97.2 Å². The van der Waals surface area contributed by atoms with Gasteiger partial charge in [-0.25, -0.2) is 0 Å². The van der Waals surface area contributed by atoms with Crippen LogP contribution in [0.4, 0.5) is 0 Å². The average Bonchev–Trinajstić information content (AvgIpc) is 2.78. The second kappa shape index (κ2) is 5.83. The Morgan fingerprint density at radius 3 is 2.88 bits per heavy atom. The fourth-order valence-corrected chi connectivity index (χ4v) is 2.23. The quantitative estimate of drug-likeness (QED) is 0.835. The van der Waals surface area contributed by atoms with Gasteiger partial charge in [0.2, 0.25) is 0 Å². The van der Waals surface area contributed by atoms with Crippen LogP contribution in [0.2, 0.25) is 0 Å². The zero-order valence-corrected chi connectivity index (χ0v) is 9.55. The van der Waals surface area contributed by atoms with Crippen molar-refractivity contribution in [2.75, 3.05) is 19.7 Å². The molecule has 0 radical (unpaired) electrons. The van der Waals surface area contributed by atoms with E-state index in [0.717, 1.165) is 19.5 Å². The van der Waals surface area contributed by atoms with Gasteiger partial charge in [-0.3, -0.25) is 4.90 Å². The van der Waals surface area contributed by atoms with E-state index < -0.39 is 0 Å². The van der Waals surface area contributed by atoms with Crippen LogP contribution in [0, 0.1) is 0 Å². The van der Waals surface area contributed by atoms with E-state index >= 15 is 0 Å². The maximum Gasteiger partial charge on any atom is 0.0587 e. The van der Waals surface area contributed by atoms with Gasteiger partial charge in [0.15, 0.2) is 0 Å². The fraction of sp³-hybridized carbons (Fsp3) is 0.429. The van der Waals surface area contributed by atoms with Crippen LogP contribution in [-0.4, -0.2) is 35.7 Å². The summed E-state index contributed by atoms with van der Waals surface area (Å²) in [5.74, 6) is 0. The van der Waals surface area contributed by atoms with Gasteiger partial charge in [0.05, 0.1) is 6.61 Å². The Morgan fingerprint density at radius 2 is 2.12 bits per heavy atom. The first-order valence-electron chi connectivity index (χ1n) is 5.96. The predicted octanol–water partition coefficient (Wildman–Crippen LogP) is 2.16. The lowest BCUT2D eigenvalue weighted by atomic mass is 10.2. The lowest BCUT2D eigenvalue weighted by Gasteiger charge is -2.20. The van der Waals surface area contributed by atoms with Gasteiger partial charge in [-0.1, -0.05) is 42.5 Å². The summed E-state index contributed by atoms with van der Waals surface area (Å²) in [7, 11) is 0. The van der Waals surface area contributed by atoms with Crippen molar-refractivity contribution < 1.29 is 5.11 Å². The van der Waals surface area contributed by atoms with E-state index in [2.05, 4.69) is 29.2 Å². The number of aliphatic hydroxyl groups is 1. The molecule has 1 heterocycles. The Hall–Kier alpha value is -1.12. The van der Waals surface area contributed by atoms with Crippen molar-refractivity contribution in [3.63, 3.8) is 0 Å². The second-order valence-electron chi connectivity index (χ2n) is 4.29. The number of benzene rings is 1. The third-order valence-electron chi connectivity index (χ3n) is 3.16. The van der Waals surface area contributed by atoms with E-state index in [9.17, 15) is 5.11 Å². The summed E-state index contributed by atoms with van der Waals surface area (Å²) in [5.41, 5.74) is 1.24. The van der Waals surface area contributed by atoms with Crippen LogP contribution in [0.3, 0.4) is 0 Å². The highest BCUT2D eigenvalue weighted by atomic mass is 16.3. The topological polar surface area (TPSA) is 23.5 Å². The van der Waals surface area contributed by atoms with Gasteiger partial charge in [-0.2, -0.15) is 0 Å². The molecule has 1 N–H and O–H groups in total. The molecule has 1 aliphatic heterocycles. The molecule has 0 bridgehead atoms. The van der Waals surface area contributed by atoms with Crippen molar-refractivity contribution in [3.05, 3.63) is 42.0 Å². The van der Waals surface area contributed by atoms with Gasteiger partial charge in [-0.05, 0) is 24.9 Å². The van der Waals surface area contributed by atoms with Gasteiger partial charge in [0.1, 0.15) is 0 Å². The van der Waals surface area contributed by atoms with Gasteiger partial charge < -0.3 is 5.11 Å². The molecule has 2 nitrogen and oxygen atoms in total. The lowest BCUT2D eigenvalue weighted by Crippen LogP contribution is -2.32. The van der Waals surface area contributed by atoms with E-state index in [1.54, 1.807) is 0 Å². The number of nitrogens with zero attached hydrogens (tertiary/aromatic N) is 1. The van der Waals surface area contributed by atoms with Crippen molar-refractivity contribution in [2.24, 2.45) is 0 Å². The van der Waals surface area contributed by atoms with Crippen molar-refractivity contribution >= 4 is 6.08 Å². The van der Waals surface area contributed by atoms with Crippen LogP contribution >= 0.6 is 0 Å². The fourth-order valence-electron chi connectivity index (χ4n) is 2.23. The highest BCUT2D eigenvalue weighted by molar-refractivity contribution is 5.48. The molecule has 0 saturated carbocycles. The van der Waals surface area contributed by atoms with E-state index in [-0.39, 0.29) is 0 Å². The molecule has 1 aromatic carbocycles. The normalized spacial score (nSPS) is 21.9. The molecular weight excluding hydrogens is 198 g/mol. The Balaban J connectivity index is 1.85. The molecule has 0 spiro atoms. The molecule has 0 aliphatic carbocycles. The maximum atomic E-state index is 9.19. The zero-order chi connectivity index (χ0) is 11.2. The molecule has 1 unspecified atom stereocenters.